The largest absolute Gasteiger partial charge is 0.358 e. The van der Waals surface area contributed by atoms with E-state index in [1.807, 2.05) is 0 Å². The van der Waals surface area contributed by atoms with Gasteiger partial charge in [0.25, 0.3) is 0 Å². The first-order valence-electron chi connectivity index (χ1n) is 8.16. The number of Topliss-reactive ketones (excluding diaryl/α,β-unsaturated/α-hetero) is 1. The van der Waals surface area contributed by atoms with E-state index in [1.165, 1.54) is 54.4 Å². The standard InChI is InChI=1S/C18H22N2O/c21-14-5-6-15-16-10-13(12-20-8-2-1-3-9-20)4-7-17(16)19-18(15)11-14/h4,7,10,19H,1-3,5-6,8-9,11-12H2. The molecular weight excluding hydrogens is 260 g/mol. The van der Waals surface area contributed by atoms with Gasteiger partial charge in [-0.25, -0.2) is 0 Å². The molecule has 0 unspecified atom stereocenters. The number of nitrogens with one attached hydrogen (secondary N) is 1. The molecule has 2 aromatic rings. The molecule has 1 aromatic carbocycles. The minimum atomic E-state index is 0.364. The number of piperidine rings is 1. The van der Waals surface area contributed by atoms with Gasteiger partial charge in [0.15, 0.2) is 0 Å². The van der Waals surface area contributed by atoms with Gasteiger partial charge in [-0.2, -0.15) is 0 Å². The van der Waals surface area contributed by atoms with Crippen molar-refractivity contribution < 1.29 is 4.79 Å². The molecule has 2 heterocycles. The van der Waals surface area contributed by atoms with Crippen molar-refractivity contribution in [2.75, 3.05) is 13.1 Å². The molecule has 2 aliphatic rings. The van der Waals surface area contributed by atoms with E-state index in [-0.39, 0.29) is 0 Å². The van der Waals surface area contributed by atoms with E-state index in [0.717, 1.165) is 18.7 Å². The zero-order valence-electron chi connectivity index (χ0n) is 12.5. The van der Waals surface area contributed by atoms with E-state index < -0.39 is 0 Å². The molecule has 1 aliphatic carbocycles. The van der Waals surface area contributed by atoms with Gasteiger partial charge >= 0.3 is 0 Å². The quantitative estimate of drug-likeness (QED) is 0.918. The molecule has 110 valence electrons. The van der Waals surface area contributed by atoms with Crippen molar-refractivity contribution in [1.29, 1.82) is 0 Å². The highest BCUT2D eigenvalue weighted by molar-refractivity contribution is 5.91. The highest BCUT2D eigenvalue weighted by atomic mass is 16.1. The predicted molar refractivity (Wildman–Crippen MR) is 84.5 cm³/mol. The van der Waals surface area contributed by atoms with Crippen molar-refractivity contribution in [1.82, 2.24) is 9.88 Å². The summed E-state index contributed by atoms with van der Waals surface area (Å²) < 4.78 is 0. The summed E-state index contributed by atoms with van der Waals surface area (Å²) in [5, 5.41) is 1.34. The van der Waals surface area contributed by atoms with Gasteiger partial charge in [-0.15, -0.1) is 0 Å². The molecule has 0 radical (unpaired) electrons. The number of ketones is 1. The average molecular weight is 282 g/mol. The SMILES string of the molecule is O=C1CCc2c([nH]c3ccc(CN4CCCCC4)cc23)C1. The van der Waals surface area contributed by atoms with Crippen LogP contribution in [0, 0.1) is 0 Å². The number of benzene rings is 1. The predicted octanol–water partition coefficient (Wildman–Crippen LogP) is 3.21. The van der Waals surface area contributed by atoms with Gasteiger partial charge in [-0.05, 0) is 55.6 Å². The minimum Gasteiger partial charge on any atom is -0.358 e. The lowest BCUT2D eigenvalue weighted by molar-refractivity contribution is -0.118. The van der Waals surface area contributed by atoms with Gasteiger partial charge in [0, 0.05) is 36.0 Å². The maximum atomic E-state index is 11.6. The Morgan fingerprint density at radius 1 is 1.10 bits per heavy atom. The molecule has 0 saturated carbocycles. The monoisotopic (exact) mass is 282 g/mol. The molecule has 21 heavy (non-hydrogen) atoms. The number of nitrogens with zero attached hydrogens (tertiary/aromatic N) is 1. The van der Waals surface area contributed by atoms with E-state index >= 15 is 0 Å². The molecular formula is C18H22N2O. The Morgan fingerprint density at radius 3 is 2.81 bits per heavy atom. The summed E-state index contributed by atoms with van der Waals surface area (Å²) in [4.78, 5) is 17.6. The Morgan fingerprint density at radius 2 is 1.95 bits per heavy atom. The lowest BCUT2D eigenvalue weighted by Crippen LogP contribution is -2.29. The molecule has 3 nitrogen and oxygen atoms in total. The van der Waals surface area contributed by atoms with Crippen molar-refractivity contribution in [3.8, 4) is 0 Å². The number of H-pyrrole nitrogens is 1. The third-order valence-corrected chi connectivity index (χ3v) is 4.94. The number of aromatic nitrogens is 1. The minimum absolute atomic E-state index is 0.364. The molecule has 1 aliphatic heterocycles. The number of likely N-dealkylation sites (tertiary alicyclic amines) is 1. The number of hydrogen-bond donors (Lipinski definition) is 1. The van der Waals surface area contributed by atoms with E-state index in [9.17, 15) is 4.79 Å². The van der Waals surface area contributed by atoms with Gasteiger partial charge < -0.3 is 4.98 Å². The first kappa shape index (κ1) is 13.1. The summed E-state index contributed by atoms with van der Waals surface area (Å²) in [6.45, 7) is 3.53. The van der Waals surface area contributed by atoms with Crippen LogP contribution < -0.4 is 0 Å². The number of carbonyl (C=O) groups excluding carboxylic acids is 1. The van der Waals surface area contributed by atoms with E-state index in [0.29, 0.717) is 18.6 Å². The summed E-state index contributed by atoms with van der Waals surface area (Å²) in [6.07, 6.45) is 6.26. The van der Waals surface area contributed by atoms with Gasteiger partial charge in [-0.3, -0.25) is 9.69 Å². The molecule has 1 saturated heterocycles. The lowest BCUT2D eigenvalue weighted by atomic mass is 9.94. The number of rotatable bonds is 2. The molecule has 0 spiro atoms. The Balaban J connectivity index is 1.64. The number of fused-ring (bicyclic) bond motifs is 3. The van der Waals surface area contributed by atoms with Crippen LogP contribution in [0.25, 0.3) is 10.9 Å². The Bertz CT molecular complexity index is 680. The van der Waals surface area contributed by atoms with Crippen molar-refractivity contribution in [3.05, 3.63) is 35.0 Å². The summed E-state index contributed by atoms with van der Waals surface area (Å²) in [7, 11) is 0. The Labute approximate surface area is 125 Å². The average Bonchev–Trinajstić information content (AvgIpc) is 2.85. The molecule has 4 rings (SSSR count). The second kappa shape index (κ2) is 5.30. The molecule has 0 atom stereocenters. The Kier molecular flexibility index (Phi) is 3.30. The third kappa shape index (κ3) is 2.51. The summed E-state index contributed by atoms with van der Waals surface area (Å²) in [5.74, 6) is 0.364. The normalized spacial score (nSPS) is 19.9. The molecule has 0 amide bonds. The van der Waals surface area contributed by atoms with Crippen LogP contribution in [0.4, 0.5) is 0 Å². The van der Waals surface area contributed by atoms with Gasteiger partial charge in [0.1, 0.15) is 5.78 Å². The molecule has 1 aromatic heterocycles. The third-order valence-electron chi connectivity index (χ3n) is 4.94. The van der Waals surface area contributed by atoms with Gasteiger partial charge in [0.05, 0.1) is 0 Å². The number of carbonyl (C=O) groups is 1. The first-order valence-corrected chi connectivity index (χ1v) is 8.16. The maximum Gasteiger partial charge on any atom is 0.139 e. The summed E-state index contributed by atoms with van der Waals surface area (Å²) >= 11 is 0. The summed E-state index contributed by atoms with van der Waals surface area (Å²) in [6, 6.07) is 6.77. The number of hydrogen-bond acceptors (Lipinski definition) is 2. The highest BCUT2D eigenvalue weighted by Crippen LogP contribution is 2.29. The fraction of sp³-hybridized carbons (Fsp3) is 0.500. The zero-order chi connectivity index (χ0) is 14.2. The summed E-state index contributed by atoms with van der Waals surface area (Å²) in [5.41, 5.74) is 5.13. The maximum absolute atomic E-state index is 11.6. The lowest BCUT2D eigenvalue weighted by Gasteiger charge is -2.26. The van der Waals surface area contributed by atoms with Gasteiger partial charge in [-0.1, -0.05) is 12.5 Å². The smallest absolute Gasteiger partial charge is 0.139 e. The van der Waals surface area contributed by atoms with E-state index in [4.69, 9.17) is 0 Å². The van der Waals surface area contributed by atoms with Crippen LogP contribution in [0.1, 0.15) is 42.5 Å². The van der Waals surface area contributed by atoms with Crippen molar-refractivity contribution in [3.63, 3.8) is 0 Å². The number of aryl methyl sites for hydroxylation is 1. The second-order valence-corrected chi connectivity index (χ2v) is 6.51. The second-order valence-electron chi connectivity index (χ2n) is 6.51. The molecule has 1 fully saturated rings. The van der Waals surface area contributed by atoms with Crippen LogP contribution in [-0.2, 0) is 24.2 Å². The van der Waals surface area contributed by atoms with Crippen LogP contribution >= 0.6 is 0 Å². The van der Waals surface area contributed by atoms with Crippen molar-refractivity contribution in [2.24, 2.45) is 0 Å². The molecule has 3 heteroatoms. The zero-order valence-corrected chi connectivity index (χ0v) is 12.5. The fourth-order valence-corrected chi connectivity index (χ4v) is 3.81. The van der Waals surface area contributed by atoms with Crippen molar-refractivity contribution >= 4 is 16.7 Å². The molecule has 0 bridgehead atoms. The van der Waals surface area contributed by atoms with Crippen LogP contribution in [0.15, 0.2) is 18.2 Å². The van der Waals surface area contributed by atoms with Gasteiger partial charge in [0.2, 0.25) is 0 Å². The van der Waals surface area contributed by atoms with Crippen molar-refractivity contribution in [2.45, 2.75) is 45.1 Å². The molecule has 1 N–H and O–H groups in total. The fourth-order valence-electron chi connectivity index (χ4n) is 3.81. The van der Waals surface area contributed by atoms with E-state index in [2.05, 4.69) is 28.1 Å². The van der Waals surface area contributed by atoms with Crippen LogP contribution in [0.3, 0.4) is 0 Å². The van der Waals surface area contributed by atoms with Crippen LogP contribution in [0.5, 0.6) is 0 Å². The van der Waals surface area contributed by atoms with Crippen LogP contribution in [0.2, 0.25) is 0 Å². The topological polar surface area (TPSA) is 36.1 Å². The Hall–Kier alpha value is -1.61. The van der Waals surface area contributed by atoms with E-state index in [1.54, 1.807) is 0 Å². The highest BCUT2D eigenvalue weighted by Gasteiger charge is 2.20. The van der Waals surface area contributed by atoms with Crippen LogP contribution in [-0.4, -0.2) is 28.8 Å². The number of aromatic amines is 1. The first-order chi connectivity index (χ1) is 10.3.